The molecule has 0 aromatic heterocycles. The Morgan fingerprint density at radius 1 is 0.857 bits per heavy atom. The Morgan fingerprint density at radius 2 is 1.38 bits per heavy atom. The minimum Gasteiger partial charge on any atom is -0.298 e. The third-order valence-electron chi connectivity index (χ3n) is 5.09. The van der Waals surface area contributed by atoms with Crippen LogP contribution in [0.3, 0.4) is 0 Å². The highest BCUT2D eigenvalue weighted by atomic mass is 16.1. The molecule has 0 amide bonds. The molecule has 1 aliphatic rings. The van der Waals surface area contributed by atoms with Gasteiger partial charge in [-0.2, -0.15) is 0 Å². The Hall–Kier alpha value is -0.370. The average molecular weight is 296 g/mol. The maximum atomic E-state index is 12.5. The zero-order chi connectivity index (χ0) is 15.6. The SMILES string of the molecule is CCCCCCCCCCC(=O)C(C)(C)N1CCCCC1. The Balaban J connectivity index is 2.11. The van der Waals surface area contributed by atoms with Crippen molar-refractivity contribution in [2.24, 2.45) is 0 Å². The largest absolute Gasteiger partial charge is 0.298 e. The molecule has 1 aliphatic heterocycles. The first-order chi connectivity index (χ1) is 10.1. The summed E-state index contributed by atoms with van der Waals surface area (Å²) in [4.78, 5) is 14.9. The lowest BCUT2D eigenvalue weighted by atomic mass is 9.90. The number of Topliss-reactive ketones (excluding diaryl/α,β-unsaturated/α-hetero) is 1. The van der Waals surface area contributed by atoms with Crippen molar-refractivity contribution < 1.29 is 4.79 Å². The Morgan fingerprint density at radius 3 is 1.95 bits per heavy atom. The minimum atomic E-state index is -0.235. The van der Waals surface area contributed by atoms with Crippen LogP contribution in [-0.4, -0.2) is 29.3 Å². The molecule has 124 valence electrons. The molecule has 0 radical (unpaired) electrons. The number of hydrogen-bond acceptors (Lipinski definition) is 2. The molecular formula is C19H37NO. The number of carbonyl (C=O) groups is 1. The molecule has 1 rings (SSSR count). The van der Waals surface area contributed by atoms with Gasteiger partial charge in [0.2, 0.25) is 0 Å². The van der Waals surface area contributed by atoms with Gasteiger partial charge in [0.05, 0.1) is 5.54 Å². The maximum Gasteiger partial charge on any atom is 0.152 e. The van der Waals surface area contributed by atoms with Crippen LogP contribution in [0.25, 0.3) is 0 Å². The maximum absolute atomic E-state index is 12.5. The number of carbonyl (C=O) groups excluding carboxylic acids is 1. The van der Waals surface area contributed by atoms with E-state index in [0.717, 1.165) is 25.9 Å². The van der Waals surface area contributed by atoms with Gasteiger partial charge < -0.3 is 0 Å². The molecule has 0 aromatic carbocycles. The zero-order valence-corrected chi connectivity index (χ0v) is 14.8. The Labute approximate surface area is 132 Å². The fourth-order valence-electron chi connectivity index (χ4n) is 3.35. The summed E-state index contributed by atoms with van der Waals surface area (Å²) in [7, 11) is 0. The van der Waals surface area contributed by atoms with Crippen molar-refractivity contribution >= 4 is 5.78 Å². The first-order valence-corrected chi connectivity index (χ1v) is 9.37. The summed E-state index contributed by atoms with van der Waals surface area (Å²) in [6, 6.07) is 0. The third kappa shape index (κ3) is 6.95. The fraction of sp³-hybridized carbons (Fsp3) is 0.947. The van der Waals surface area contributed by atoms with Gasteiger partial charge in [-0.3, -0.25) is 9.69 Å². The second-order valence-corrected chi connectivity index (χ2v) is 7.25. The summed E-state index contributed by atoms with van der Waals surface area (Å²) < 4.78 is 0. The normalized spacial score (nSPS) is 17.1. The van der Waals surface area contributed by atoms with E-state index in [2.05, 4.69) is 25.7 Å². The molecule has 0 bridgehead atoms. The van der Waals surface area contributed by atoms with E-state index in [0.29, 0.717) is 5.78 Å². The number of hydrogen-bond donors (Lipinski definition) is 0. The average Bonchev–Trinajstić information content (AvgIpc) is 2.50. The van der Waals surface area contributed by atoms with Gasteiger partial charge in [0.15, 0.2) is 5.78 Å². The van der Waals surface area contributed by atoms with Gasteiger partial charge in [-0.05, 0) is 46.2 Å². The molecule has 1 fully saturated rings. The summed E-state index contributed by atoms with van der Waals surface area (Å²) >= 11 is 0. The third-order valence-corrected chi connectivity index (χ3v) is 5.09. The van der Waals surface area contributed by atoms with Crippen molar-refractivity contribution in [1.29, 1.82) is 0 Å². The van der Waals surface area contributed by atoms with Gasteiger partial charge in [-0.15, -0.1) is 0 Å². The van der Waals surface area contributed by atoms with Gasteiger partial charge in [0.25, 0.3) is 0 Å². The first kappa shape index (κ1) is 18.7. The molecule has 0 N–H and O–H groups in total. The lowest BCUT2D eigenvalue weighted by molar-refractivity contribution is -0.130. The monoisotopic (exact) mass is 295 g/mol. The van der Waals surface area contributed by atoms with E-state index in [1.165, 1.54) is 64.2 Å². The summed E-state index contributed by atoms with van der Waals surface area (Å²) in [5.74, 6) is 0.454. The zero-order valence-electron chi connectivity index (χ0n) is 14.8. The van der Waals surface area contributed by atoms with Crippen LogP contribution in [0.1, 0.15) is 97.8 Å². The van der Waals surface area contributed by atoms with Crippen molar-refractivity contribution in [2.45, 2.75) is 103 Å². The standard InChI is InChI=1S/C19H37NO/c1-4-5-6-7-8-9-10-12-15-18(21)19(2,3)20-16-13-11-14-17-20/h4-17H2,1-3H3. The molecule has 0 unspecified atom stereocenters. The van der Waals surface area contributed by atoms with Crippen LogP contribution in [0.4, 0.5) is 0 Å². The van der Waals surface area contributed by atoms with Crippen LogP contribution in [0, 0.1) is 0 Å². The van der Waals surface area contributed by atoms with Crippen LogP contribution >= 0.6 is 0 Å². The van der Waals surface area contributed by atoms with E-state index in [1.54, 1.807) is 0 Å². The van der Waals surface area contributed by atoms with E-state index >= 15 is 0 Å². The van der Waals surface area contributed by atoms with Gasteiger partial charge in [-0.25, -0.2) is 0 Å². The van der Waals surface area contributed by atoms with E-state index in [9.17, 15) is 4.79 Å². The molecule has 0 saturated carbocycles. The lowest BCUT2D eigenvalue weighted by Gasteiger charge is -2.39. The molecule has 2 heteroatoms. The second-order valence-electron chi connectivity index (χ2n) is 7.25. The van der Waals surface area contributed by atoms with Crippen molar-refractivity contribution in [3.63, 3.8) is 0 Å². The highest BCUT2D eigenvalue weighted by molar-refractivity contribution is 5.87. The molecule has 21 heavy (non-hydrogen) atoms. The molecule has 0 spiro atoms. The summed E-state index contributed by atoms with van der Waals surface area (Å²) in [6.07, 6.45) is 15.1. The predicted molar refractivity (Wildman–Crippen MR) is 91.7 cm³/mol. The van der Waals surface area contributed by atoms with Gasteiger partial charge >= 0.3 is 0 Å². The Kier molecular flexibility index (Phi) is 9.23. The first-order valence-electron chi connectivity index (χ1n) is 9.37. The van der Waals surface area contributed by atoms with E-state index in [-0.39, 0.29) is 5.54 Å². The molecule has 0 aromatic rings. The van der Waals surface area contributed by atoms with Crippen LogP contribution in [-0.2, 0) is 4.79 Å². The van der Waals surface area contributed by atoms with E-state index < -0.39 is 0 Å². The van der Waals surface area contributed by atoms with E-state index in [4.69, 9.17) is 0 Å². The predicted octanol–water partition coefficient (Wildman–Crippen LogP) is 5.35. The van der Waals surface area contributed by atoms with Crippen LogP contribution in [0.5, 0.6) is 0 Å². The quantitative estimate of drug-likeness (QED) is 0.479. The minimum absolute atomic E-state index is 0.235. The smallest absolute Gasteiger partial charge is 0.152 e. The molecular weight excluding hydrogens is 258 g/mol. The number of nitrogens with zero attached hydrogens (tertiary/aromatic N) is 1. The molecule has 1 heterocycles. The van der Waals surface area contributed by atoms with Crippen molar-refractivity contribution in [1.82, 2.24) is 4.90 Å². The number of likely N-dealkylation sites (tertiary alicyclic amines) is 1. The van der Waals surface area contributed by atoms with Crippen LogP contribution in [0.2, 0.25) is 0 Å². The molecule has 2 nitrogen and oxygen atoms in total. The summed E-state index contributed by atoms with van der Waals surface area (Å²) in [6.45, 7) is 8.73. The van der Waals surface area contributed by atoms with Crippen LogP contribution < -0.4 is 0 Å². The number of unbranched alkanes of at least 4 members (excludes halogenated alkanes) is 7. The molecule has 1 saturated heterocycles. The summed E-state index contributed by atoms with van der Waals surface area (Å²) in [5, 5.41) is 0. The highest BCUT2D eigenvalue weighted by Gasteiger charge is 2.33. The van der Waals surface area contributed by atoms with Crippen molar-refractivity contribution in [3.05, 3.63) is 0 Å². The lowest BCUT2D eigenvalue weighted by Crippen LogP contribution is -2.52. The van der Waals surface area contributed by atoms with Gasteiger partial charge in [-0.1, -0.05) is 58.3 Å². The van der Waals surface area contributed by atoms with Gasteiger partial charge in [0.1, 0.15) is 0 Å². The second kappa shape index (κ2) is 10.4. The Bertz CT molecular complexity index is 279. The van der Waals surface area contributed by atoms with Crippen LogP contribution in [0.15, 0.2) is 0 Å². The van der Waals surface area contributed by atoms with Gasteiger partial charge in [0, 0.05) is 6.42 Å². The topological polar surface area (TPSA) is 20.3 Å². The number of ketones is 1. The molecule has 0 aliphatic carbocycles. The summed E-state index contributed by atoms with van der Waals surface area (Å²) in [5.41, 5.74) is -0.235. The highest BCUT2D eigenvalue weighted by Crippen LogP contribution is 2.23. The number of rotatable bonds is 11. The molecule has 0 atom stereocenters. The number of piperidine rings is 1. The fourth-order valence-corrected chi connectivity index (χ4v) is 3.35. The van der Waals surface area contributed by atoms with Crippen molar-refractivity contribution in [3.8, 4) is 0 Å². The van der Waals surface area contributed by atoms with E-state index in [1.807, 2.05) is 0 Å². The van der Waals surface area contributed by atoms with Crippen molar-refractivity contribution in [2.75, 3.05) is 13.1 Å².